The van der Waals surface area contributed by atoms with Crippen LogP contribution < -0.4 is 0 Å². The average molecular weight is 268 g/mol. The monoisotopic (exact) mass is 268 g/mol. The van der Waals surface area contributed by atoms with Crippen LogP contribution in [0, 0.1) is 0 Å². The Kier molecular flexibility index (Phi) is 3.00. The molecule has 0 aliphatic carbocycles. The molecule has 0 unspecified atom stereocenters. The molecule has 0 saturated carbocycles. The Morgan fingerprint density at radius 3 is 2.20 bits per heavy atom. The van der Waals surface area contributed by atoms with Crippen LogP contribution >= 0.6 is 0 Å². The van der Waals surface area contributed by atoms with E-state index in [1.54, 1.807) is 42.5 Å². The van der Waals surface area contributed by atoms with Crippen molar-refractivity contribution in [3.63, 3.8) is 0 Å². The quantitative estimate of drug-likeness (QED) is 0.739. The van der Waals surface area contributed by atoms with Crippen molar-refractivity contribution in [2.45, 2.75) is 5.60 Å². The molecule has 2 heterocycles. The molecule has 0 fully saturated rings. The second-order valence-electron chi connectivity index (χ2n) is 4.36. The van der Waals surface area contributed by atoms with Crippen molar-refractivity contribution in [3.05, 3.63) is 84.2 Å². The molecule has 1 aromatic carbocycles. The summed E-state index contributed by atoms with van der Waals surface area (Å²) in [5, 5.41) is 11.0. The van der Waals surface area contributed by atoms with Gasteiger partial charge in [-0.15, -0.1) is 0 Å². The molecular weight excluding hydrogens is 256 g/mol. The molecule has 1 N–H and O–H groups in total. The largest absolute Gasteiger partial charge is 0.465 e. The highest BCUT2D eigenvalue weighted by atomic mass is 16.4. The lowest BCUT2D eigenvalue weighted by atomic mass is 9.86. The van der Waals surface area contributed by atoms with Gasteiger partial charge in [0.1, 0.15) is 5.76 Å². The number of Topliss-reactive ketones (excluding diaryl/α,β-unsaturated/α-hetero) is 1. The van der Waals surface area contributed by atoms with Gasteiger partial charge in [-0.3, -0.25) is 4.79 Å². The van der Waals surface area contributed by atoms with E-state index in [9.17, 15) is 9.90 Å². The summed E-state index contributed by atoms with van der Waals surface area (Å²) < 4.78 is 10.4. The van der Waals surface area contributed by atoms with Gasteiger partial charge in [0.2, 0.25) is 11.4 Å². The number of hydrogen-bond acceptors (Lipinski definition) is 4. The molecule has 3 rings (SSSR count). The summed E-state index contributed by atoms with van der Waals surface area (Å²) in [5.41, 5.74) is -1.47. The van der Waals surface area contributed by atoms with E-state index in [-0.39, 0.29) is 11.5 Å². The van der Waals surface area contributed by atoms with Crippen LogP contribution in [0.15, 0.2) is 76.0 Å². The maximum atomic E-state index is 12.6. The predicted octanol–water partition coefficient (Wildman–Crippen LogP) is 2.99. The van der Waals surface area contributed by atoms with Crippen molar-refractivity contribution < 1.29 is 18.7 Å². The summed E-state index contributed by atoms with van der Waals surface area (Å²) in [6, 6.07) is 14.9. The number of carbonyl (C=O) groups is 1. The van der Waals surface area contributed by atoms with Crippen molar-refractivity contribution in [3.8, 4) is 0 Å². The first-order valence-corrected chi connectivity index (χ1v) is 6.13. The minimum Gasteiger partial charge on any atom is -0.465 e. The van der Waals surface area contributed by atoms with Crippen LogP contribution in [0.25, 0.3) is 0 Å². The minimum absolute atomic E-state index is 0.0766. The average Bonchev–Trinajstić information content (AvgIpc) is 3.19. The fourth-order valence-corrected chi connectivity index (χ4v) is 2.14. The molecular formula is C16H12O4. The Balaban J connectivity index is 2.17. The molecule has 4 heteroatoms. The molecule has 2 aromatic heterocycles. The number of carbonyl (C=O) groups excluding carboxylic acids is 1. The normalized spacial score (nSPS) is 13.8. The first-order chi connectivity index (χ1) is 9.73. The van der Waals surface area contributed by atoms with Gasteiger partial charge in [-0.25, -0.2) is 0 Å². The van der Waals surface area contributed by atoms with Crippen molar-refractivity contribution >= 4 is 5.78 Å². The van der Waals surface area contributed by atoms with Crippen LogP contribution in [0.2, 0.25) is 0 Å². The molecule has 0 aliphatic heterocycles. The van der Waals surface area contributed by atoms with Crippen LogP contribution in [0.1, 0.15) is 21.9 Å². The third-order valence-corrected chi connectivity index (χ3v) is 3.14. The SMILES string of the molecule is O=C(c1ccco1)[C@@](O)(c1ccccc1)c1ccco1. The zero-order valence-corrected chi connectivity index (χ0v) is 10.5. The maximum absolute atomic E-state index is 12.6. The van der Waals surface area contributed by atoms with Gasteiger partial charge in [0.05, 0.1) is 12.5 Å². The van der Waals surface area contributed by atoms with Gasteiger partial charge in [-0.1, -0.05) is 30.3 Å². The summed E-state index contributed by atoms with van der Waals surface area (Å²) in [6.07, 6.45) is 2.81. The summed E-state index contributed by atoms with van der Waals surface area (Å²) >= 11 is 0. The minimum atomic E-state index is -1.90. The van der Waals surface area contributed by atoms with Gasteiger partial charge in [-0.2, -0.15) is 0 Å². The van der Waals surface area contributed by atoms with E-state index in [1.807, 2.05) is 6.07 Å². The zero-order chi connectivity index (χ0) is 14.0. The molecule has 4 nitrogen and oxygen atoms in total. The molecule has 3 aromatic rings. The highest BCUT2D eigenvalue weighted by Gasteiger charge is 2.44. The smallest absolute Gasteiger partial charge is 0.241 e. The molecule has 0 saturated heterocycles. The molecule has 0 radical (unpaired) electrons. The molecule has 0 spiro atoms. The molecule has 0 bridgehead atoms. The lowest BCUT2D eigenvalue weighted by Gasteiger charge is -2.23. The summed E-state index contributed by atoms with van der Waals surface area (Å²) in [7, 11) is 0. The number of aliphatic hydroxyl groups is 1. The fourth-order valence-electron chi connectivity index (χ4n) is 2.14. The Bertz CT molecular complexity index is 683. The van der Waals surface area contributed by atoms with Crippen LogP contribution in [-0.4, -0.2) is 10.9 Å². The summed E-state index contributed by atoms with van der Waals surface area (Å²) in [5.74, 6) is -0.332. The number of furan rings is 2. The van der Waals surface area contributed by atoms with Crippen LogP contribution in [0.3, 0.4) is 0 Å². The second kappa shape index (κ2) is 4.83. The number of hydrogen-bond donors (Lipinski definition) is 1. The van der Waals surface area contributed by atoms with Gasteiger partial charge in [0, 0.05) is 0 Å². The molecule has 0 amide bonds. The topological polar surface area (TPSA) is 63.6 Å². The van der Waals surface area contributed by atoms with Gasteiger partial charge in [-0.05, 0) is 29.8 Å². The first kappa shape index (κ1) is 12.4. The van der Waals surface area contributed by atoms with E-state index in [2.05, 4.69) is 0 Å². The third-order valence-electron chi connectivity index (χ3n) is 3.14. The Morgan fingerprint density at radius 2 is 1.60 bits per heavy atom. The lowest BCUT2D eigenvalue weighted by Crippen LogP contribution is -2.36. The van der Waals surface area contributed by atoms with E-state index in [0.717, 1.165) is 0 Å². The van der Waals surface area contributed by atoms with Gasteiger partial charge in [0.25, 0.3) is 0 Å². The molecule has 0 aliphatic rings. The van der Waals surface area contributed by atoms with E-state index in [0.29, 0.717) is 5.56 Å². The zero-order valence-electron chi connectivity index (χ0n) is 10.5. The van der Waals surface area contributed by atoms with E-state index in [4.69, 9.17) is 8.83 Å². The Hall–Kier alpha value is -2.59. The number of rotatable bonds is 4. The van der Waals surface area contributed by atoms with Gasteiger partial charge in [0.15, 0.2) is 5.76 Å². The van der Waals surface area contributed by atoms with Gasteiger partial charge >= 0.3 is 0 Å². The Labute approximate surface area is 115 Å². The highest BCUT2D eigenvalue weighted by molar-refractivity contribution is 6.02. The van der Waals surface area contributed by atoms with Crippen molar-refractivity contribution in [1.82, 2.24) is 0 Å². The molecule has 1 atom stereocenters. The molecule has 20 heavy (non-hydrogen) atoms. The third kappa shape index (κ3) is 1.87. The van der Waals surface area contributed by atoms with Crippen LogP contribution in [-0.2, 0) is 5.60 Å². The lowest BCUT2D eigenvalue weighted by molar-refractivity contribution is 0.0368. The summed E-state index contributed by atoms with van der Waals surface area (Å²) in [6.45, 7) is 0. The van der Waals surface area contributed by atoms with Crippen LogP contribution in [0.5, 0.6) is 0 Å². The second-order valence-corrected chi connectivity index (χ2v) is 4.36. The van der Waals surface area contributed by atoms with Crippen LogP contribution in [0.4, 0.5) is 0 Å². The van der Waals surface area contributed by atoms with Crippen molar-refractivity contribution in [1.29, 1.82) is 0 Å². The fraction of sp³-hybridized carbons (Fsp3) is 0.0625. The Morgan fingerprint density at radius 1 is 0.900 bits per heavy atom. The number of benzene rings is 1. The van der Waals surface area contributed by atoms with Crippen molar-refractivity contribution in [2.24, 2.45) is 0 Å². The maximum Gasteiger partial charge on any atom is 0.241 e. The summed E-state index contributed by atoms with van der Waals surface area (Å²) in [4.78, 5) is 12.6. The standard InChI is InChI=1S/C16H12O4/c17-15(13-8-4-10-19-13)16(18,14-9-5-11-20-14)12-6-2-1-3-7-12/h1-11,18H/t16-/m1/s1. The van der Waals surface area contributed by atoms with E-state index < -0.39 is 11.4 Å². The first-order valence-electron chi connectivity index (χ1n) is 6.13. The highest BCUT2D eigenvalue weighted by Crippen LogP contribution is 2.33. The van der Waals surface area contributed by atoms with Crippen molar-refractivity contribution in [2.75, 3.05) is 0 Å². The van der Waals surface area contributed by atoms with E-state index in [1.165, 1.54) is 18.6 Å². The molecule has 100 valence electrons. The predicted molar refractivity (Wildman–Crippen MR) is 71.2 cm³/mol. The van der Waals surface area contributed by atoms with E-state index >= 15 is 0 Å². The number of ketones is 1. The van der Waals surface area contributed by atoms with Gasteiger partial charge < -0.3 is 13.9 Å².